The van der Waals surface area contributed by atoms with Gasteiger partial charge >= 0.3 is 0 Å². The lowest BCUT2D eigenvalue weighted by Gasteiger charge is -2.22. The number of nitrogens with one attached hydrogen (secondary N) is 2. The predicted molar refractivity (Wildman–Crippen MR) is 70.4 cm³/mol. The maximum Gasteiger partial charge on any atom is 0.246 e. The molecule has 0 aromatic carbocycles. The third kappa shape index (κ3) is 1.67. The van der Waals surface area contributed by atoms with E-state index >= 15 is 0 Å². The number of nitrogens with zero attached hydrogens (tertiary/aromatic N) is 2. The molecule has 0 bridgehead atoms. The average Bonchev–Trinajstić information content (AvgIpc) is 3.03. The number of hydrogen-bond acceptors (Lipinski definition) is 3. The molecule has 18 heavy (non-hydrogen) atoms. The summed E-state index contributed by atoms with van der Waals surface area (Å²) in [7, 11) is 3.88. The number of aromatic amines is 1. The molecule has 1 fully saturated rings. The second-order valence-electron chi connectivity index (χ2n) is 5.01. The van der Waals surface area contributed by atoms with Crippen LogP contribution in [0.3, 0.4) is 0 Å². The van der Waals surface area contributed by atoms with E-state index in [1.165, 1.54) is 0 Å². The smallest absolute Gasteiger partial charge is 0.246 e. The van der Waals surface area contributed by atoms with Gasteiger partial charge in [-0.25, -0.2) is 4.98 Å². The SMILES string of the molecule is CN(C)C1(C(=O)Nc2cc3cc[nH]c3cn2)CC1. The fourth-order valence-corrected chi connectivity index (χ4v) is 2.25. The van der Waals surface area contributed by atoms with E-state index in [2.05, 4.69) is 15.3 Å². The Balaban J connectivity index is 1.82. The first-order chi connectivity index (χ1) is 8.62. The van der Waals surface area contributed by atoms with Crippen LogP contribution >= 0.6 is 0 Å². The maximum atomic E-state index is 12.2. The number of hydrogen-bond donors (Lipinski definition) is 2. The van der Waals surface area contributed by atoms with Gasteiger partial charge in [0.05, 0.1) is 11.7 Å². The van der Waals surface area contributed by atoms with Crippen LogP contribution in [0.2, 0.25) is 0 Å². The monoisotopic (exact) mass is 244 g/mol. The van der Waals surface area contributed by atoms with Crippen LogP contribution in [0.25, 0.3) is 10.9 Å². The van der Waals surface area contributed by atoms with Gasteiger partial charge in [-0.2, -0.15) is 0 Å². The standard InChI is InChI=1S/C13H16N4O/c1-17(2)13(4-5-13)12(18)16-11-7-9-3-6-14-10(9)8-15-11/h3,6-8,14H,4-5H2,1-2H3,(H,15,16,18). The van der Waals surface area contributed by atoms with Gasteiger partial charge in [-0.05, 0) is 39.1 Å². The van der Waals surface area contributed by atoms with Crippen molar-refractivity contribution in [2.45, 2.75) is 18.4 Å². The van der Waals surface area contributed by atoms with Crippen molar-refractivity contribution in [2.75, 3.05) is 19.4 Å². The molecule has 2 aromatic rings. The molecule has 94 valence electrons. The number of amides is 1. The van der Waals surface area contributed by atoms with Crippen LogP contribution < -0.4 is 5.32 Å². The van der Waals surface area contributed by atoms with E-state index in [9.17, 15) is 4.79 Å². The zero-order chi connectivity index (χ0) is 12.8. The van der Waals surface area contributed by atoms with Gasteiger partial charge < -0.3 is 10.3 Å². The van der Waals surface area contributed by atoms with E-state index in [-0.39, 0.29) is 11.4 Å². The number of rotatable bonds is 3. The Bertz CT molecular complexity index is 598. The largest absolute Gasteiger partial charge is 0.360 e. The molecule has 2 N–H and O–H groups in total. The second-order valence-corrected chi connectivity index (χ2v) is 5.01. The van der Waals surface area contributed by atoms with Crippen LogP contribution in [0, 0.1) is 0 Å². The minimum absolute atomic E-state index is 0.0369. The molecule has 5 nitrogen and oxygen atoms in total. The molecule has 1 aliphatic rings. The Morgan fingerprint density at radius 3 is 2.94 bits per heavy atom. The van der Waals surface area contributed by atoms with Gasteiger partial charge in [0.15, 0.2) is 0 Å². The summed E-state index contributed by atoms with van der Waals surface area (Å²) in [6.45, 7) is 0. The summed E-state index contributed by atoms with van der Waals surface area (Å²) >= 11 is 0. The van der Waals surface area contributed by atoms with Gasteiger partial charge in [0.2, 0.25) is 5.91 Å². The van der Waals surface area contributed by atoms with Crippen molar-refractivity contribution in [3.8, 4) is 0 Å². The highest BCUT2D eigenvalue weighted by atomic mass is 16.2. The van der Waals surface area contributed by atoms with Gasteiger partial charge in [-0.3, -0.25) is 9.69 Å². The van der Waals surface area contributed by atoms with Crippen molar-refractivity contribution in [2.24, 2.45) is 0 Å². The number of carbonyl (C=O) groups excluding carboxylic acids is 1. The molecule has 0 unspecified atom stereocenters. The summed E-state index contributed by atoms with van der Waals surface area (Å²) in [5.74, 6) is 0.648. The number of pyridine rings is 1. The predicted octanol–water partition coefficient (Wildman–Crippen LogP) is 1.60. The summed E-state index contributed by atoms with van der Waals surface area (Å²) in [6, 6.07) is 3.85. The van der Waals surface area contributed by atoms with Gasteiger partial charge in [-0.15, -0.1) is 0 Å². The van der Waals surface area contributed by atoms with Crippen molar-refractivity contribution >= 4 is 22.6 Å². The minimum Gasteiger partial charge on any atom is -0.360 e. The molecule has 0 aliphatic heterocycles. The first kappa shape index (κ1) is 11.2. The summed E-state index contributed by atoms with van der Waals surface area (Å²) in [5.41, 5.74) is 0.649. The van der Waals surface area contributed by atoms with Gasteiger partial charge in [-0.1, -0.05) is 0 Å². The normalized spacial score (nSPS) is 17.1. The Kier molecular flexibility index (Phi) is 2.38. The molecule has 5 heteroatoms. The molecule has 1 aliphatic carbocycles. The molecule has 0 spiro atoms. The maximum absolute atomic E-state index is 12.2. The molecule has 2 heterocycles. The molecule has 1 amide bonds. The summed E-state index contributed by atoms with van der Waals surface area (Å²) in [4.78, 5) is 21.5. The number of aromatic nitrogens is 2. The van der Waals surface area contributed by atoms with E-state index in [4.69, 9.17) is 0 Å². The van der Waals surface area contributed by atoms with E-state index in [0.717, 1.165) is 23.7 Å². The number of likely N-dealkylation sites (N-methyl/N-ethyl adjacent to an activating group) is 1. The van der Waals surface area contributed by atoms with Crippen molar-refractivity contribution in [1.82, 2.24) is 14.9 Å². The summed E-state index contributed by atoms with van der Waals surface area (Å²) < 4.78 is 0. The zero-order valence-corrected chi connectivity index (χ0v) is 10.5. The highest BCUT2D eigenvalue weighted by Gasteiger charge is 2.51. The molecular weight excluding hydrogens is 228 g/mol. The number of H-pyrrole nitrogens is 1. The second kappa shape index (κ2) is 3.81. The average molecular weight is 244 g/mol. The fourth-order valence-electron chi connectivity index (χ4n) is 2.25. The van der Waals surface area contributed by atoms with Crippen LogP contribution in [-0.4, -0.2) is 40.4 Å². The van der Waals surface area contributed by atoms with Crippen molar-refractivity contribution in [1.29, 1.82) is 0 Å². The summed E-state index contributed by atoms with van der Waals surface area (Å²) in [5, 5.41) is 3.95. The Morgan fingerprint density at radius 2 is 2.28 bits per heavy atom. The summed E-state index contributed by atoms with van der Waals surface area (Å²) in [6.07, 6.45) is 5.43. The Hall–Kier alpha value is -1.88. The number of fused-ring (bicyclic) bond motifs is 1. The van der Waals surface area contributed by atoms with Crippen molar-refractivity contribution < 1.29 is 4.79 Å². The fraction of sp³-hybridized carbons (Fsp3) is 0.385. The van der Waals surface area contributed by atoms with Crippen LogP contribution in [0.5, 0.6) is 0 Å². The van der Waals surface area contributed by atoms with Gasteiger partial charge in [0, 0.05) is 11.6 Å². The zero-order valence-electron chi connectivity index (χ0n) is 10.5. The van der Waals surface area contributed by atoms with Crippen molar-refractivity contribution in [3.63, 3.8) is 0 Å². The van der Waals surface area contributed by atoms with E-state index in [0.29, 0.717) is 5.82 Å². The van der Waals surface area contributed by atoms with Gasteiger partial charge in [0.25, 0.3) is 0 Å². The molecule has 3 rings (SSSR count). The van der Waals surface area contributed by atoms with Gasteiger partial charge in [0.1, 0.15) is 11.4 Å². The molecule has 0 atom stereocenters. The van der Waals surface area contributed by atoms with Crippen molar-refractivity contribution in [3.05, 3.63) is 24.5 Å². The first-order valence-electron chi connectivity index (χ1n) is 6.04. The molecule has 1 saturated carbocycles. The minimum atomic E-state index is -0.325. The van der Waals surface area contributed by atoms with Crippen LogP contribution in [0.15, 0.2) is 24.5 Å². The highest BCUT2D eigenvalue weighted by Crippen LogP contribution is 2.40. The first-order valence-corrected chi connectivity index (χ1v) is 6.04. The van der Waals surface area contributed by atoms with Crippen LogP contribution in [-0.2, 0) is 4.79 Å². The topological polar surface area (TPSA) is 61.0 Å². The highest BCUT2D eigenvalue weighted by molar-refractivity contribution is 6.00. The Labute approximate surface area is 105 Å². The molecular formula is C13H16N4O. The lowest BCUT2D eigenvalue weighted by molar-refractivity contribution is -0.121. The molecule has 2 aromatic heterocycles. The lowest BCUT2D eigenvalue weighted by atomic mass is 10.2. The number of carbonyl (C=O) groups is 1. The molecule has 0 radical (unpaired) electrons. The lowest BCUT2D eigenvalue weighted by Crippen LogP contribution is -2.42. The molecule has 0 saturated heterocycles. The van der Waals surface area contributed by atoms with E-state index in [1.807, 2.05) is 37.3 Å². The third-order valence-electron chi connectivity index (χ3n) is 3.68. The van der Waals surface area contributed by atoms with E-state index in [1.54, 1.807) is 6.20 Å². The quantitative estimate of drug-likeness (QED) is 0.862. The Morgan fingerprint density at radius 1 is 1.50 bits per heavy atom. The third-order valence-corrected chi connectivity index (χ3v) is 3.68. The van der Waals surface area contributed by atoms with Crippen LogP contribution in [0.1, 0.15) is 12.8 Å². The van der Waals surface area contributed by atoms with E-state index < -0.39 is 0 Å². The number of anilines is 1. The van der Waals surface area contributed by atoms with Crippen LogP contribution in [0.4, 0.5) is 5.82 Å².